The van der Waals surface area contributed by atoms with Gasteiger partial charge in [-0.05, 0) is 37.8 Å². The molecule has 0 atom stereocenters. The van der Waals surface area contributed by atoms with Crippen LogP contribution in [0.2, 0.25) is 0 Å². The van der Waals surface area contributed by atoms with E-state index >= 15 is 0 Å². The number of hydrogen-bond acceptors (Lipinski definition) is 4. The molecule has 1 fully saturated rings. The van der Waals surface area contributed by atoms with E-state index in [1.165, 1.54) is 6.07 Å². The number of nitro benzene ring substituents is 1. The summed E-state index contributed by atoms with van der Waals surface area (Å²) in [6.07, 6.45) is 2.84. The highest BCUT2D eigenvalue weighted by Crippen LogP contribution is 2.28. The van der Waals surface area contributed by atoms with E-state index in [1.54, 1.807) is 24.0 Å². The zero-order chi connectivity index (χ0) is 14.7. The van der Waals surface area contributed by atoms with E-state index in [4.69, 9.17) is 5.11 Å². The standard InChI is InChI=1S/C14H18N2O4/c1-10-5-6-13(16(19)20)12(9-10)14(18)15(7-8-17)11-3-2-4-11/h5-6,9,11,17H,2-4,7-8H2,1H3. The highest BCUT2D eigenvalue weighted by atomic mass is 16.6. The number of rotatable bonds is 5. The number of carbonyl (C=O) groups is 1. The van der Waals surface area contributed by atoms with Gasteiger partial charge in [-0.3, -0.25) is 14.9 Å². The lowest BCUT2D eigenvalue weighted by Gasteiger charge is -2.37. The van der Waals surface area contributed by atoms with Crippen molar-refractivity contribution in [3.8, 4) is 0 Å². The average Bonchev–Trinajstić information content (AvgIpc) is 2.34. The van der Waals surface area contributed by atoms with Crippen molar-refractivity contribution in [2.24, 2.45) is 0 Å². The Kier molecular flexibility index (Phi) is 4.34. The summed E-state index contributed by atoms with van der Waals surface area (Å²) >= 11 is 0. The Balaban J connectivity index is 2.34. The normalized spacial score (nSPS) is 14.7. The third kappa shape index (κ3) is 2.80. The lowest BCUT2D eigenvalue weighted by atomic mass is 9.90. The Labute approximate surface area is 117 Å². The molecule has 0 aromatic heterocycles. The molecule has 6 heteroatoms. The van der Waals surface area contributed by atoms with Crippen molar-refractivity contribution in [3.63, 3.8) is 0 Å². The van der Waals surface area contributed by atoms with Gasteiger partial charge in [0.1, 0.15) is 5.56 Å². The fraction of sp³-hybridized carbons (Fsp3) is 0.500. The van der Waals surface area contributed by atoms with Crippen LogP contribution in [0.15, 0.2) is 18.2 Å². The van der Waals surface area contributed by atoms with Gasteiger partial charge >= 0.3 is 0 Å². The second kappa shape index (κ2) is 6.00. The van der Waals surface area contributed by atoms with Crippen LogP contribution >= 0.6 is 0 Å². The summed E-state index contributed by atoms with van der Waals surface area (Å²) < 4.78 is 0. The predicted octanol–water partition coefficient (Wildman–Crippen LogP) is 1.89. The molecule has 20 heavy (non-hydrogen) atoms. The molecule has 1 aromatic rings. The summed E-state index contributed by atoms with van der Waals surface area (Å²) in [5.41, 5.74) is 0.731. The second-order valence-corrected chi connectivity index (χ2v) is 5.08. The maximum Gasteiger partial charge on any atom is 0.282 e. The Morgan fingerprint density at radius 3 is 2.70 bits per heavy atom. The lowest BCUT2D eigenvalue weighted by Crippen LogP contribution is -2.45. The predicted molar refractivity (Wildman–Crippen MR) is 73.6 cm³/mol. The molecular formula is C14H18N2O4. The van der Waals surface area contributed by atoms with Crippen LogP contribution < -0.4 is 0 Å². The highest BCUT2D eigenvalue weighted by Gasteiger charge is 2.32. The molecule has 0 saturated heterocycles. The number of aliphatic hydroxyl groups excluding tert-OH is 1. The number of aliphatic hydroxyl groups is 1. The zero-order valence-corrected chi connectivity index (χ0v) is 11.4. The van der Waals surface area contributed by atoms with Gasteiger partial charge in [0.05, 0.1) is 11.5 Å². The van der Waals surface area contributed by atoms with E-state index in [2.05, 4.69) is 0 Å². The maximum absolute atomic E-state index is 12.6. The molecule has 6 nitrogen and oxygen atoms in total. The van der Waals surface area contributed by atoms with Crippen LogP contribution in [0.25, 0.3) is 0 Å². The number of carbonyl (C=O) groups excluding carboxylic acids is 1. The van der Waals surface area contributed by atoms with Crippen LogP contribution in [-0.4, -0.2) is 40.0 Å². The van der Waals surface area contributed by atoms with Crippen molar-refractivity contribution in [1.82, 2.24) is 4.90 Å². The number of hydrogen-bond donors (Lipinski definition) is 1. The molecule has 2 rings (SSSR count). The van der Waals surface area contributed by atoms with E-state index in [-0.39, 0.29) is 36.4 Å². The minimum atomic E-state index is -0.537. The van der Waals surface area contributed by atoms with Crippen LogP contribution in [0.1, 0.15) is 35.2 Å². The first-order chi connectivity index (χ1) is 9.54. The smallest absolute Gasteiger partial charge is 0.282 e. The van der Waals surface area contributed by atoms with E-state index in [1.807, 2.05) is 0 Å². The summed E-state index contributed by atoms with van der Waals surface area (Å²) in [5, 5.41) is 20.2. The zero-order valence-electron chi connectivity index (χ0n) is 11.4. The Hall–Kier alpha value is -1.95. The molecule has 1 aliphatic rings. The van der Waals surface area contributed by atoms with Crippen LogP contribution in [0.4, 0.5) is 5.69 Å². The van der Waals surface area contributed by atoms with Gasteiger partial charge < -0.3 is 10.0 Å². The lowest BCUT2D eigenvalue weighted by molar-refractivity contribution is -0.385. The van der Waals surface area contributed by atoms with Gasteiger partial charge in [0, 0.05) is 18.7 Å². The summed E-state index contributed by atoms with van der Waals surface area (Å²) in [6, 6.07) is 4.62. The van der Waals surface area contributed by atoms with Gasteiger partial charge in [-0.25, -0.2) is 0 Å². The molecule has 0 bridgehead atoms. The topological polar surface area (TPSA) is 83.7 Å². The van der Waals surface area contributed by atoms with E-state index < -0.39 is 4.92 Å². The highest BCUT2D eigenvalue weighted by molar-refractivity contribution is 5.98. The molecule has 0 spiro atoms. The molecular weight excluding hydrogens is 260 g/mol. The molecule has 1 aromatic carbocycles. The molecule has 0 radical (unpaired) electrons. The molecule has 1 saturated carbocycles. The van der Waals surface area contributed by atoms with Crippen molar-refractivity contribution in [2.75, 3.05) is 13.2 Å². The molecule has 1 N–H and O–H groups in total. The third-order valence-corrected chi connectivity index (χ3v) is 3.70. The number of benzene rings is 1. The SMILES string of the molecule is Cc1ccc([N+](=O)[O-])c(C(=O)N(CCO)C2CCC2)c1. The van der Waals surface area contributed by atoms with Crippen LogP contribution in [0, 0.1) is 17.0 Å². The van der Waals surface area contributed by atoms with Crippen molar-refractivity contribution < 1.29 is 14.8 Å². The molecule has 1 aliphatic carbocycles. The van der Waals surface area contributed by atoms with Crippen LogP contribution in [-0.2, 0) is 0 Å². The summed E-state index contributed by atoms with van der Waals surface area (Å²) in [7, 11) is 0. The largest absolute Gasteiger partial charge is 0.395 e. The average molecular weight is 278 g/mol. The van der Waals surface area contributed by atoms with Crippen molar-refractivity contribution in [3.05, 3.63) is 39.4 Å². The fourth-order valence-electron chi connectivity index (χ4n) is 2.39. The first-order valence-electron chi connectivity index (χ1n) is 6.71. The van der Waals surface area contributed by atoms with Gasteiger partial charge in [0.25, 0.3) is 11.6 Å². The Morgan fingerprint density at radius 2 is 2.20 bits per heavy atom. The molecule has 0 aliphatic heterocycles. The van der Waals surface area contributed by atoms with Gasteiger partial charge in [0.15, 0.2) is 0 Å². The number of nitrogens with zero attached hydrogens (tertiary/aromatic N) is 2. The third-order valence-electron chi connectivity index (χ3n) is 3.70. The van der Waals surface area contributed by atoms with Gasteiger partial charge in [-0.2, -0.15) is 0 Å². The van der Waals surface area contributed by atoms with E-state index in [9.17, 15) is 14.9 Å². The molecule has 0 heterocycles. The molecule has 0 unspecified atom stereocenters. The van der Waals surface area contributed by atoms with Crippen LogP contribution in [0.5, 0.6) is 0 Å². The Morgan fingerprint density at radius 1 is 1.50 bits per heavy atom. The number of amides is 1. The second-order valence-electron chi connectivity index (χ2n) is 5.08. The van der Waals surface area contributed by atoms with Crippen molar-refractivity contribution >= 4 is 11.6 Å². The minimum absolute atomic E-state index is 0.0924. The monoisotopic (exact) mass is 278 g/mol. The molecule has 108 valence electrons. The Bertz CT molecular complexity index is 526. The maximum atomic E-state index is 12.6. The van der Waals surface area contributed by atoms with Gasteiger partial charge in [-0.15, -0.1) is 0 Å². The van der Waals surface area contributed by atoms with Crippen LogP contribution in [0.3, 0.4) is 0 Å². The van der Waals surface area contributed by atoms with E-state index in [0.29, 0.717) is 0 Å². The van der Waals surface area contributed by atoms with Gasteiger partial charge in [-0.1, -0.05) is 6.07 Å². The van der Waals surface area contributed by atoms with Crippen molar-refractivity contribution in [1.29, 1.82) is 0 Å². The molecule has 1 amide bonds. The fourth-order valence-corrected chi connectivity index (χ4v) is 2.39. The van der Waals surface area contributed by atoms with E-state index in [0.717, 1.165) is 24.8 Å². The number of nitro groups is 1. The summed E-state index contributed by atoms with van der Waals surface area (Å²) in [4.78, 5) is 24.6. The number of aryl methyl sites for hydroxylation is 1. The summed E-state index contributed by atoms with van der Waals surface area (Å²) in [5.74, 6) is -0.362. The first kappa shape index (κ1) is 14.5. The first-order valence-corrected chi connectivity index (χ1v) is 6.71. The quantitative estimate of drug-likeness (QED) is 0.658. The minimum Gasteiger partial charge on any atom is -0.395 e. The van der Waals surface area contributed by atoms with Gasteiger partial charge in [0.2, 0.25) is 0 Å². The van der Waals surface area contributed by atoms with Crippen molar-refractivity contribution in [2.45, 2.75) is 32.2 Å². The summed E-state index contributed by atoms with van der Waals surface area (Å²) in [6.45, 7) is 1.87.